The summed E-state index contributed by atoms with van der Waals surface area (Å²) in [6.45, 7) is 3.54. The molecule has 0 unspecified atom stereocenters. The lowest BCUT2D eigenvalue weighted by molar-refractivity contribution is -0.142. The summed E-state index contributed by atoms with van der Waals surface area (Å²) < 4.78 is 9.64. The number of fused-ring (bicyclic) bond motifs is 1. The highest BCUT2D eigenvalue weighted by molar-refractivity contribution is 7.17. The predicted octanol–water partition coefficient (Wildman–Crippen LogP) is 2.33. The van der Waals surface area contributed by atoms with Gasteiger partial charge in [-0.25, -0.2) is 4.79 Å². The lowest BCUT2D eigenvalue weighted by Gasteiger charge is -2.12. The van der Waals surface area contributed by atoms with Gasteiger partial charge in [-0.2, -0.15) is 0 Å². The summed E-state index contributed by atoms with van der Waals surface area (Å²) in [6, 6.07) is 0. The Morgan fingerprint density at radius 3 is 2.45 bits per heavy atom. The van der Waals surface area contributed by atoms with Gasteiger partial charge in [0.1, 0.15) is 5.00 Å². The van der Waals surface area contributed by atoms with Crippen LogP contribution in [-0.2, 0) is 25.5 Å². The van der Waals surface area contributed by atoms with Crippen LogP contribution in [0.1, 0.15) is 47.0 Å². The molecule has 0 saturated heterocycles. The molecule has 22 heavy (non-hydrogen) atoms. The molecule has 0 bridgehead atoms. The molecule has 0 fully saturated rings. The third-order valence-corrected chi connectivity index (χ3v) is 4.85. The van der Waals surface area contributed by atoms with E-state index in [4.69, 9.17) is 9.47 Å². The maximum atomic E-state index is 12.1. The first-order chi connectivity index (χ1) is 10.4. The molecule has 1 atom stereocenters. The molecule has 120 valence electrons. The molecule has 6 nitrogen and oxygen atoms in total. The molecule has 7 heteroatoms. The van der Waals surface area contributed by atoms with E-state index in [2.05, 4.69) is 5.32 Å². The van der Waals surface area contributed by atoms with E-state index in [9.17, 15) is 14.4 Å². The molecule has 1 N–H and O–H groups in total. The molecule has 1 aromatic heterocycles. The SMILES string of the molecule is COC(=O)c1c(NC(=O)C(C)C)sc2c1[C@@H](C(=O)OC)CC2. The number of hydrogen-bond acceptors (Lipinski definition) is 6. The van der Waals surface area contributed by atoms with Crippen LogP contribution in [0.4, 0.5) is 5.00 Å². The Balaban J connectivity index is 2.47. The Hall–Kier alpha value is -1.89. The minimum absolute atomic E-state index is 0.181. The normalized spacial score (nSPS) is 16.3. The number of hydrogen-bond donors (Lipinski definition) is 1. The molecule has 1 aromatic rings. The number of ether oxygens (including phenoxy) is 2. The second-order valence-corrected chi connectivity index (χ2v) is 6.50. The van der Waals surface area contributed by atoms with E-state index >= 15 is 0 Å². The molecule has 2 rings (SSSR count). The number of methoxy groups -OCH3 is 2. The van der Waals surface area contributed by atoms with Crippen LogP contribution in [0, 0.1) is 5.92 Å². The lowest BCUT2D eigenvalue weighted by atomic mass is 9.99. The van der Waals surface area contributed by atoms with Crippen molar-refractivity contribution in [2.24, 2.45) is 5.92 Å². The van der Waals surface area contributed by atoms with Crippen LogP contribution < -0.4 is 5.32 Å². The fourth-order valence-corrected chi connectivity index (χ4v) is 3.76. The van der Waals surface area contributed by atoms with Gasteiger partial charge in [-0.1, -0.05) is 13.8 Å². The standard InChI is InChI=1S/C15H19NO5S/c1-7(2)12(17)16-13-11(15(19)21-4)10-8(14(18)20-3)5-6-9(10)22-13/h7-8H,5-6H2,1-4H3,(H,16,17)/t8-/m0/s1. The van der Waals surface area contributed by atoms with Crippen molar-refractivity contribution in [3.8, 4) is 0 Å². The summed E-state index contributed by atoms with van der Waals surface area (Å²) in [4.78, 5) is 36.9. The Morgan fingerprint density at radius 1 is 1.23 bits per heavy atom. The van der Waals surface area contributed by atoms with E-state index in [1.807, 2.05) is 0 Å². The van der Waals surface area contributed by atoms with Gasteiger partial charge >= 0.3 is 11.9 Å². The topological polar surface area (TPSA) is 81.7 Å². The highest BCUT2D eigenvalue weighted by atomic mass is 32.1. The van der Waals surface area contributed by atoms with Crippen molar-refractivity contribution in [2.75, 3.05) is 19.5 Å². The first kappa shape index (κ1) is 16.5. The van der Waals surface area contributed by atoms with Crippen LogP contribution in [0.25, 0.3) is 0 Å². The molecule has 0 aliphatic heterocycles. The predicted molar refractivity (Wildman–Crippen MR) is 82.2 cm³/mol. The highest BCUT2D eigenvalue weighted by Gasteiger charge is 2.38. The van der Waals surface area contributed by atoms with Crippen molar-refractivity contribution in [2.45, 2.75) is 32.6 Å². The minimum atomic E-state index is -0.549. The van der Waals surface area contributed by atoms with E-state index in [-0.39, 0.29) is 23.4 Å². The van der Waals surface area contributed by atoms with Crippen molar-refractivity contribution in [1.82, 2.24) is 0 Å². The molecule has 0 aromatic carbocycles. The van der Waals surface area contributed by atoms with E-state index in [1.54, 1.807) is 13.8 Å². The van der Waals surface area contributed by atoms with E-state index < -0.39 is 11.9 Å². The van der Waals surface area contributed by atoms with Crippen LogP contribution in [0.2, 0.25) is 0 Å². The first-order valence-corrected chi connectivity index (χ1v) is 7.84. The fourth-order valence-electron chi connectivity index (χ4n) is 2.49. The number of esters is 2. The summed E-state index contributed by atoms with van der Waals surface area (Å²) in [7, 11) is 2.61. The third-order valence-electron chi connectivity index (χ3n) is 3.67. The van der Waals surface area contributed by atoms with Crippen molar-refractivity contribution in [1.29, 1.82) is 0 Å². The first-order valence-electron chi connectivity index (χ1n) is 7.03. The molecule has 0 spiro atoms. The van der Waals surface area contributed by atoms with E-state index in [0.717, 1.165) is 4.88 Å². The van der Waals surface area contributed by atoms with Gasteiger partial charge < -0.3 is 14.8 Å². The minimum Gasteiger partial charge on any atom is -0.469 e. The van der Waals surface area contributed by atoms with Gasteiger partial charge in [-0.3, -0.25) is 9.59 Å². The fraction of sp³-hybridized carbons (Fsp3) is 0.533. The second-order valence-electron chi connectivity index (χ2n) is 5.39. The lowest BCUT2D eigenvalue weighted by Crippen LogP contribution is -2.20. The highest BCUT2D eigenvalue weighted by Crippen LogP contribution is 2.45. The van der Waals surface area contributed by atoms with Crippen LogP contribution in [0.5, 0.6) is 0 Å². The summed E-state index contributed by atoms with van der Waals surface area (Å²) in [6.07, 6.45) is 1.29. The van der Waals surface area contributed by atoms with Gasteiger partial charge in [0.25, 0.3) is 0 Å². The van der Waals surface area contributed by atoms with Crippen molar-refractivity contribution in [3.63, 3.8) is 0 Å². The Bertz CT molecular complexity index is 620. The van der Waals surface area contributed by atoms with E-state index in [0.29, 0.717) is 23.4 Å². The molecule has 1 amide bonds. The van der Waals surface area contributed by atoms with E-state index in [1.165, 1.54) is 25.6 Å². The average molecular weight is 325 g/mol. The van der Waals surface area contributed by atoms with Crippen molar-refractivity contribution >= 4 is 34.2 Å². The molecule has 1 aliphatic carbocycles. The Kier molecular flexibility index (Phi) is 4.85. The third kappa shape index (κ3) is 2.85. The molecular weight excluding hydrogens is 306 g/mol. The summed E-state index contributed by atoms with van der Waals surface area (Å²) in [5.74, 6) is -1.79. The van der Waals surface area contributed by atoms with Crippen LogP contribution in [-0.4, -0.2) is 32.1 Å². The van der Waals surface area contributed by atoms with Gasteiger partial charge in [0, 0.05) is 10.8 Å². The zero-order valence-corrected chi connectivity index (χ0v) is 13.8. The van der Waals surface area contributed by atoms with Gasteiger partial charge in [0.05, 0.1) is 25.7 Å². The maximum Gasteiger partial charge on any atom is 0.341 e. The van der Waals surface area contributed by atoms with Crippen LogP contribution in [0.3, 0.4) is 0 Å². The van der Waals surface area contributed by atoms with Crippen molar-refractivity contribution < 1.29 is 23.9 Å². The van der Waals surface area contributed by atoms with Gasteiger partial charge in [0.15, 0.2) is 0 Å². The molecule has 0 saturated carbocycles. The van der Waals surface area contributed by atoms with Gasteiger partial charge in [-0.05, 0) is 18.4 Å². The number of anilines is 1. The number of carbonyl (C=O) groups is 3. The van der Waals surface area contributed by atoms with Crippen LogP contribution >= 0.6 is 11.3 Å². The average Bonchev–Trinajstić information content (AvgIpc) is 3.03. The molecular formula is C15H19NO5S. The smallest absolute Gasteiger partial charge is 0.341 e. The Morgan fingerprint density at radius 2 is 1.91 bits per heavy atom. The largest absolute Gasteiger partial charge is 0.469 e. The number of thiophene rings is 1. The number of amides is 1. The number of aryl methyl sites for hydroxylation is 1. The zero-order chi connectivity index (χ0) is 16.4. The molecule has 1 heterocycles. The monoisotopic (exact) mass is 325 g/mol. The summed E-state index contributed by atoms with van der Waals surface area (Å²) in [5, 5.41) is 3.21. The zero-order valence-electron chi connectivity index (χ0n) is 13.0. The quantitative estimate of drug-likeness (QED) is 0.859. The number of carbonyl (C=O) groups excluding carboxylic acids is 3. The molecule has 1 aliphatic rings. The number of rotatable bonds is 4. The summed E-state index contributed by atoms with van der Waals surface area (Å²) >= 11 is 1.33. The summed E-state index contributed by atoms with van der Waals surface area (Å²) in [5.41, 5.74) is 0.923. The second kappa shape index (κ2) is 6.48. The Labute approximate surface area is 132 Å². The molecule has 0 radical (unpaired) electrons. The van der Waals surface area contributed by atoms with Gasteiger partial charge in [0.2, 0.25) is 5.91 Å². The van der Waals surface area contributed by atoms with Crippen LogP contribution in [0.15, 0.2) is 0 Å². The van der Waals surface area contributed by atoms with Gasteiger partial charge in [-0.15, -0.1) is 11.3 Å². The maximum absolute atomic E-state index is 12.1. The van der Waals surface area contributed by atoms with Crippen molar-refractivity contribution in [3.05, 3.63) is 16.0 Å². The number of nitrogens with one attached hydrogen (secondary N) is 1.